The number of rotatable bonds is 8. The van der Waals surface area contributed by atoms with Gasteiger partial charge in [0.25, 0.3) is 0 Å². The first-order valence-corrected chi connectivity index (χ1v) is 10.5. The van der Waals surface area contributed by atoms with Crippen LogP contribution in [0.5, 0.6) is 0 Å². The van der Waals surface area contributed by atoms with E-state index in [1.165, 1.54) is 19.3 Å². The standard InChI is InChI=1S/C16H32N2O3S/c1-2-3-15-22(19,20)18(16-7-13-21-14-8-16)12-11-17-9-5-4-6-10-17/h16H,2-15H2,1H3. The van der Waals surface area contributed by atoms with E-state index in [0.717, 1.165) is 45.3 Å². The fourth-order valence-corrected chi connectivity index (χ4v) is 5.30. The molecule has 0 aromatic heterocycles. The summed E-state index contributed by atoms with van der Waals surface area (Å²) in [6.07, 6.45) is 7.17. The van der Waals surface area contributed by atoms with Crippen molar-refractivity contribution in [3.63, 3.8) is 0 Å². The molecule has 0 radical (unpaired) electrons. The zero-order chi connectivity index (χ0) is 15.8. The molecule has 2 heterocycles. The van der Waals surface area contributed by atoms with Crippen LogP contribution in [-0.2, 0) is 14.8 Å². The van der Waals surface area contributed by atoms with E-state index >= 15 is 0 Å². The largest absolute Gasteiger partial charge is 0.381 e. The van der Waals surface area contributed by atoms with Crippen molar-refractivity contribution in [1.29, 1.82) is 0 Å². The second-order valence-corrected chi connectivity index (χ2v) is 8.57. The van der Waals surface area contributed by atoms with Gasteiger partial charge in [0.05, 0.1) is 5.75 Å². The van der Waals surface area contributed by atoms with Crippen LogP contribution >= 0.6 is 0 Å². The molecule has 2 rings (SSSR count). The molecular formula is C16H32N2O3S. The van der Waals surface area contributed by atoms with Gasteiger partial charge in [0.15, 0.2) is 0 Å². The van der Waals surface area contributed by atoms with Crippen LogP contribution in [0.4, 0.5) is 0 Å². The summed E-state index contributed by atoms with van der Waals surface area (Å²) in [5.74, 6) is 0.293. The van der Waals surface area contributed by atoms with Gasteiger partial charge in [-0.25, -0.2) is 8.42 Å². The first-order valence-electron chi connectivity index (χ1n) is 8.93. The van der Waals surface area contributed by atoms with E-state index < -0.39 is 10.0 Å². The third kappa shape index (κ3) is 5.48. The zero-order valence-corrected chi connectivity index (χ0v) is 14.8. The number of piperidine rings is 1. The first kappa shape index (κ1) is 18.2. The number of hydrogen-bond acceptors (Lipinski definition) is 4. The Morgan fingerprint density at radius 3 is 2.45 bits per heavy atom. The van der Waals surface area contributed by atoms with Crippen molar-refractivity contribution in [2.45, 2.75) is 57.9 Å². The third-order valence-corrected chi connectivity index (χ3v) is 6.80. The van der Waals surface area contributed by atoms with Crippen LogP contribution in [-0.4, -0.2) is 68.8 Å². The lowest BCUT2D eigenvalue weighted by molar-refractivity contribution is 0.0557. The molecule has 0 unspecified atom stereocenters. The highest BCUT2D eigenvalue weighted by Gasteiger charge is 2.31. The minimum absolute atomic E-state index is 0.139. The van der Waals surface area contributed by atoms with Crippen molar-refractivity contribution in [3.8, 4) is 0 Å². The van der Waals surface area contributed by atoms with Gasteiger partial charge in [0.2, 0.25) is 10.0 Å². The maximum absolute atomic E-state index is 12.7. The Morgan fingerprint density at radius 1 is 1.14 bits per heavy atom. The molecular weight excluding hydrogens is 300 g/mol. The molecule has 0 atom stereocenters. The number of hydrogen-bond donors (Lipinski definition) is 0. The van der Waals surface area contributed by atoms with Gasteiger partial charge >= 0.3 is 0 Å². The molecule has 0 aromatic rings. The van der Waals surface area contributed by atoms with Gasteiger partial charge in [-0.3, -0.25) is 0 Å². The lowest BCUT2D eigenvalue weighted by atomic mass is 10.1. The van der Waals surface area contributed by atoms with Crippen molar-refractivity contribution in [2.75, 3.05) is 45.1 Å². The average Bonchev–Trinajstić information content (AvgIpc) is 2.55. The van der Waals surface area contributed by atoms with Crippen LogP contribution in [0.25, 0.3) is 0 Å². The monoisotopic (exact) mass is 332 g/mol. The molecule has 0 saturated carbocycles. The molecule has 0 aromatic carbocycles. The number of unbranched alkanes of at least 4 members (excludes halogenated alkanes) is 1. The predicted octanol–water partition coefficient (Wildman–Crippen LogP) is 2.08. The van der Waals surface area contributed by atoms with Gasteiger partial charge < -0.3 is 9.64 Å². The Hall–Kier alpha value is -0.170. The highest BCUT2D eigenvalue weighted by Crippen LogP contribution is 2.20. The Labute approximate surface area is 136 Å². The van der Waals surface area contributed by atoms with Crippen LogP contribution in [0.2, 0.25) is 0 Å². The Morgan fingerprint density at radius 2 is 1.82 bits per heavy atom. The molecule has 2 saturated heterocycles. The Kier molecular flexibility index (Phi) is 7.60. The second-order valence-electron chi connectivity index (χ2n) is 6.53. The first-order chi connectivity index (χ1) is 10.6. The lowest BCUT2D eigenvalue weighted by Crippen LogP contribution is -2.48. The summed E-state index contributed by atoms with van der Waals surface area (Å²) in [5, 5.41) is 0. The van der Waals surface area contributed by atoms with Crippen LogP contribution in [0.15, 0.2) is 0 Å². The predicted molar refractivity (Wildman–Crippen MR) is 89.5 cm³/mol. The van der Waals surface area contributed by atoms with Crippen molar-refractivity contribution in [2.24, 2.45) is 0 Å². The van der Waals surface area contributed by atoms with E-state index in [1.54, 1.807) is 4.31 Å². The molecule has 0 amide bonds. The summed E-state index contributed by atoms with van der Waals surface area (Å²) in [5.41, 5.74) is 0. The van der Waals surface area contributed by atoms with Gasteiger partial charge in [-0.1, -0.05) is 19.8 Å². The quantitative estimate of drug-likeness (QED) is 0.683. The molecule has 5 nitrogen and oxygen atoms in total. The van der Waals surface area contributed by atoms with E-state index in [0.29, 0.717) is 25.5 Å². The van der Waals surface area contributed by atoms with Crippen molar-refractivity contribution in [1.82, 2.24) is 9.21 Å². The van der Waals surface area contributed by atoms with Crippen LogP contribution in [0.1, 0.15) is 51.9 Å². The van der Waals surface area contributed by atoms with Gasteiger partial charge in [-0.05, 0) is 45.2 Å². The fourth-order valence-electron chi connectivity index (χ4n) is 3.39. The molecule has 2 aliphatic heterocycles. The minimum Gasteiger partial charge on any atom is -0.381 e. The molecule has 130 valence electrons. The lowest BCUT2D eigenvalue weighted by Gasteiger charge is -2.35. The van der Waals surface area contributed by atoms with Crippen molar-refractivity contribution >= 4 is 10.0 Å². The molecule has 2 fully saturated rings. The normalized spacial score (nSPS) is 22.3. The summed E-state index contributed by atoms with van der Waals surface area (Å²) in [7, 11) is -3.13. The third-order valence-electron chi connectivity index (χ3n) is 4.80. The molecule has 0 aliphatic carbocycles. The van der Waals surface area contributed by atoms with Gasteiger partial charge in [-0.2, -0.15) is 4.31 Å². The molecule has 2 aliphatic rings. The number of ether oxygens (including phenoxy) is 1. The maximum atomic E-state index is 12.7. The summed E-state index contributed by atoms with van der Waals surface area (Å²) in [6.45, 7) is 7.19. The summed E-state index contributed by atoms with van der Waals surface area (Å²) >= 11 is 0. The second kappa shape index (κ2) is 9.21. The molecule has 0 bridgehead atoms. The number of likely N-dealkylation sites (tertiary alicyclic amines) is 1. The van der Waals surface area contributed by atoms with Crippen molar-refractivity contribution in [3.05, 3.63) is 0 Å². The Bertz CT molecular complexity index is 402. The van der Waals surface area contributed by atoms with Gasteiger partial charge in [-0.15, -0.1) is 0 Å². The Balaban J connectivity index is 1.96. The molecule has 0 spiro atoms. The van der Waals surface area contributed by atoms with E-state index in [4.69, 9.17) is 4.74 Å². The van der Waals surface area contributed by atoms with E-state index in [1.807, 2.05) is 6.92 Å². The molecule has 6 heteroatoms. The topological polar surface area (TPSA) is 49.9 Å². The zero-order valence-electron chi connectivity index (χ0n) is 14.0. The van der Waals surface area contributed by atoms with Crippen LogP contribution in [0.3, 0.4) is 0 Å². The van der Waals surface area contributed by atoms with Crippen LogP contribution < -0.4 is 0 Å². The van der Waals surface area contributed by atoms with E-state index in [2.05, 4.69) is 4.90 Å². The smallest absolute Gasteiger partial charge is 0.214 e. The number of sulfonamides is 1. The SMILES string of the molecule is CCCCS(=O)(=O)N(CCN1CCCCC1)C1CCOCC1. The minimum atomic E-state index is -3.13. The average molecular weight is 333 g/mol. The van der Waals surface area contributed by atoms with Gasteiger partial charge in [0, 0.05) is 32.3 Å². The van der Waals surface area contributed by atoms with Crippen molar-refractivity contribution < 1.29 is 13.2 Å². The van der Waals surface area contributed by atoms with E-state index in [9.17, 15) is 8.42 Å². The fraction of sp³-hybridized carbons (Fsp3) is 1.00. The highest BCUT2D eigenvalue weighted by molar-refractivity contribution is 7.89. The summed E-state index contributed by atoms with van der Waals surface area (Å²) in [6, 6.07) is 0.139. The highest BCUT2D eigenvalue weighted by atomic mass is 32.2. The maximum Gasteiger partial charge on any atom is 0.214 e. The van der Waals surface area contributed by atoms with Gasteiger partial charge in [0.1, 0.15) is 0 Å². The summed E-state index contributed by atoms with van der Waals surface area (Å²) in [4.78, 5) is 2.42. The summed E-state index contributed by atoms with van der Waals surface area (Å²) < 4.78 is 32.7. The number of nitrogens with zero attached hydrogens (tertiary/aromatic N) is 2. The van der Waals surface area contributed by atoms with E-state index in [-0.39, 0.29) is 6.04 Å². The molecule has 22 heavy (non-hydrogen) atoms. The molecule has 0 N–H and O–H groups in total. The van der Waals surface area contributed by atoms with Crippen LogP contribution in [0, 0.1) is 0 Å².